The fraction of sp³-hybridized carbons (Fsp3) is 0.143. The van der Waals surface area contributed by atoms with E-state index in [1.807, 2.05) is 6.92 Å². The average molecular weight is 257 g/mol. The van der Waals surface area contributed by atoms with Gasteiger partial charge in [0.2, 0.25) is 0 Å². The summed E-state index contributed by atoms with van der Waals surface area (Å²) in [5.41, 5.74) is 7.69. The van der Waals surface area contributed by atoms with Crippen molar-refractivity contribution in [1.29, 1.82) is 0 Å². The third-order valence-electron chi connectivity index (χ3n) is 3.04. The van der Waals surface area contributed by atoms with Crippen molar-refractivity contribution in [3.8, 4) is 0 Å². The lowest BCUT2D eigenvalue weighted by atomic mass is 10.1. The molecule has 3 aromatic rings. The zero-order valence-electron chi connectivity index (χ0n) is 10.3. The number of para-hydroxylation sites is 1. The SMILES string of the molecule is Cc1nccnc1C(N)c1cc2cccc(F)c2o1. The van der Waals surface area contributed by atoms with Gasteiger partial charge in [-0.2, -0.15) is 0 Å². The summed E-state index contributed by atoms with van der Waals surface area (Å²) < 4.78 is 19.1. The number of furan rings is 1. The summed E-state index contributed by atoms with van der Waals surface area (Å²) in [6.07, 6.45) is 3.18. The Hall–Kier alpha value is -2.27. The third-order valence-corrected chi connectivity index (χ3v) is 3.04. The maximum absolute atomic E-state index is 13.6. The van der Waals surface area contributed by atoms with Crippen LogP contribution in [0.1, 0.15) is 23.2 Å². The highest BCUT2D eigenvalue weighted by Crippen LogP contribution is 2.28. The van der Waals surface area contributed by atoms with E-state index in [4.69, 9.17) is 10.2 Å². The zero-order valence-corrected chi connectivity index (χ0v) is 10.3. The molecule has 0 aliphatic heterocycles. The molecular formula is C14H12FN3O. The van der Waals surface area contributed by atoms with Gasteiger partial charge in [0.1, 0.15) is 11.8 Å². The van der Waals surface area contributed by atoms with Crippen LogP contribution in [-0.2, 0) is 0 Å². The Morgan fingerprint density at radius 1 is 1.26 bits per heavy atom. The normalized spacial score (nSPS) is 12.8. The molecule has 0 aliphatic rings. The van der Waals surface area contributed by atoms with Crippen molar-refractivity contribution in [2.45, 2.75) is 13.0 Å². The second kappa shape index (κ2) is 4.44. The molecule has 5 heteroatoms. The van der Waals surface area contributed by atoms with E-state index in [-0.39, 0.29) is 5.58 Å². The molecule has 19 heavy (non-hydrogen) atoms. The Balaban J connectivity index is 2.10. The van der Waals surface area contributed by atoms with Gasteiger partial charge in [-0.1, -0.05) is 12.1 Å². The molecule has 0 fully saturated rings. The van der Waals surface area contributed by atoms with Gasteiger partial charge in [0, 0.05) is 17.8 Å². The molecule has 2 N–H and O–H groups in total. The highest BCUT2D eigenvalue weighted by molar-refractivity contribution is 5.78. The van der Waals surface area contributed by atoms with Crippen molar-refractivity contribution >= 4 is 11.0 Å². The molecular weight excluding hydrogens is 245 g/mol. The molecule has 0 bridgehead atoms. The van der Waals surface area contributed by atoms with Crippen molar-refractivity contribution in [3.63, 3.8) is 0 Å². The van der Waals surface area contributed by atoms with E-state index in [2.05, 4.69) is 9.97 Å². The van der Waals surface area contributed by atoms with Crippen LogP contribution in [0.5, 0.6) is 0 Å². The maximum Gasteiger partial charge on any atom is 0.169 e. The molecule has 2 heterocycles. The average Bonchev–Trinajstić information content (AvgIpc) is 2.84. The largest absolute Gasteiger partial charge is 0.456 e. The topological polar surface area (TPSA) is 64.9 Å². The van der Waals surface area contributed by atoms with Crippen molar-refractivity contribution in [1.82, 2.24) is 9.97 Å². The molecule has 0 spiro atoms. The van der Waals surface area contributed by atoms with Crippen LogP contribution in [0.3, 0.4) is 0 Å². The lowest BCUT2D eigenvalue weighted by molar-refractivity contribution is 0.497. The van der Waals surface area contributed by atoms with Crippen LogP contribution in [0.4, 0.5) is 4.39 Å². The Bertz CT molecular complexity index is 738. The minimum atomic E-state index is -0.555. The Kier molecular flexibility index (Phi) is 2.76. The van der Waals surface area contributed by atoms with Crippen molar-refractivity contribution in [2.75, 3.05) is 0 Å². The summed E-state index contributed by atoms with van der Waals surface area (Å²) in [6.45, 7) is 1.82. The number of halogens is 1. The molecule has 0 saturated heterocycles. The first-order valence-corrected chi connectivity index (χ1v) is 5.88. The Morgan fingerprint density at radius 3 is 2.79 bits per heavy atom. The van der Waals surface area contributed by atoms with E-state index in [0.29, 0.717) is 16.8 Å². The summed E-state index contributed by atoms with van der Waals surface area (Å²) in [4.78, 5) is 8.34. The monoisotopic (exact) mass is 257 g/mol. The Morgan fingerprint density at radius 2 is 2.05 bits per heavy atom. The van der Waals surface area contributed by atoms with Crippen molar-refractivity contribution < 1.29 is 8.81 Å². The number of aryl methyl sites for hydroxylation is 1. The number of aromatic nitrogens is 2. The van der Waals surface area contributed by atoms with Crippen molar-refractivity contribution in [3.05, 3.63) is 59.6 Å². The fourth-order valence-electron chi connectivity index (χ4n) is 2.06. The molecule has 1 aromatic carbocycles. The van der Waals surface area contributed by atoms with Crippen LogP contribution < -0.4 is 5.73 Å². The number of benzene rings is 1. The molecule has 96 valence electrons. The standard InChI is InChI=1S/C14H12FN3O/c1-8-13(18-6-5-17-8)12(16)11-7-9-3-2-4-10(15)14(9)19-11/h2-7,12H,16H2,1H3. The summed E-state index contributed by atoms with van der Waals surface area (Å²) in [6, 6.07) is 5.95. The number of nitrogens with two attached hydrogens (primary N) is 1. The van der Waals surface area contributed by atoms with Gasteiger partial charge in [0.05, 0.1) is 11.4 Å². The quantitative estimate of drug-likeness (QED) is 0.766. The molecule has 0 saturated carbocycles. The molecule has 3 rings (SSSR count). The Labute approximate surface area is 109 Å². The molecule has 1 atom stereocenters. The molecule has 0 amide bonds. The van der Waals surface area contributed by atoms with E-state index in [0.717, 1.165) is 5.69 Å². The number of fused-ring (bicyclic) bond motifs is 1. The van der Waals surface area contributed by atoms with Gasteiger partial charge < -0.3 is 10.2 Å². The second-order valence-electron chi connectivity index (χ2n) is 4.31. The number of hydrogen-bond acceptors (Lipinski definition) is 4. The molecule has 0 radical (unpaired) electrons. The van der Waals surface area contributed by atoms with Crippen molar-refractivity contribution in [2.24, 2.45) is 5.73 Å². The van der Waals surface area contributed by atoms with E-state index < -0.39 is 11.9 Å². The van der Waals surface area contributed by atoms with Gasteiger partial charge >= 0.3 is 0 Å². The van der Waals surface area contributed by atoms with Gasteiger partial charge in [0.15, 0.2) is 11.4 Å². The van der Waals surface area contributed by atoms with E-state index in [1.54, 1.807) is 30.6 Å². The van der Waals surface area contributed by atoms with Gasteiger partial charge in [0.25, 0.3) is 0 Å². The van der Waals surface area contributed by atoms with Gasteiger partial charge in [-0.15, -0.1) is 0 Å². The second-order valence-corrected chi connectivity index (χ2v) is 4.31. The highest BCUT2D eigenvalue weighted by atomic mass is 19.1. The van der Waals surface area contributed by atoms with Crippen LogP contribution in [0.25, 0.3) is 11.0 Å². The summed E-state index contributed by atoms with van der Waals surface area (Å²) >= 11 is 0. The van der Waals surface area contributed by atoms with E-state index >= 15 is 0 Å². The number of hydrogen-bond donors (Lipinski definition) is 1. The third kappa shape index (κ3) is 1.98. The first-order valence-electron chi connectivity index (χ1n) is 5.88. The predicted molar refractivity (Wildman–Crippen MR) is 69.0 cm³/mol. The molecule has 2 aromatic heterocycles. The lowest BCUT2D eigenvalue weighted by Gasteiger charge is -2.09. The van der Waals surface area contributed by atoms with Crippen LogP contribution in [0.15, 0.2) is 41.1 Å². The summed E-state index contributed by atoms with van der Waals surface area (Å²) in [5, 5.41) is 0.687. The number of nitrogens with zero attached hydrogens (tertiary/aromatic N) is 2. The van der Waals surface area contributed by atoms with E-state index in [9.17, 15) is 4.39 Å². The van der Waals surface area contributed by atoms with Crippen LogP contribution >= 0.6 is 0 Å². The minimum Gasteiger partial charge on any atom is -0.456 e. The highest BCUT2D eigenvalue weighted by Gasteiger charge is 2.18. The smallest absolute Gasteiger partial charge is 0.169 e. The van der Waals surface area contributed by atoms with Crippen LogP contribution in [0.2, 0.25) is 0 Å². The van der Waals surface area contributed by atoms with Gasteiger partial charge in [-0.3, -0.25) is 9.97 Å². The van der Waals surface area contributed by atoms with Gasteiger partial charge in [-0.05, 0) is 19.1 Å². The lowest BCUT2D eigenvalue weighted by Crippen LogP contribution is -2.14. The first-order chi connectivity index (χ1) is 9.16. The molecule has 0 aliphatic carbocycles. The molecule has 4 nitrogen and oxygen atoms in total. The van der Waals surface area contributed by atoms with Gasteiger partial charge in [-0.25, -0.2) is 4.39 Å². The minimum absolute atomic E-state index is 0.217. The number of rotatable bonds is 2. The summed E-state index contributed by atoms with van der Waals surface area (Å²) in [7, 11) is 0. The first kappa shape index (κ1) is 11.8. The predicted octanol–water partition coefficient (Wildman–Crippen LogP) is 2.72. The summed E-state index contributed by atoms with van der Waals surface area (Å²) in [5.74, 6) is 0.0792. The van der Waals surface area contributed by atoms with Crippen LogP contribution in [-0.4, -0.2) is 9.97 Å². The zero-order chi connectivity index (χ0) is 13.4. The fourth-order valence-corrected chi connectivity index (χ4v) is 2.06. The van der Waals surface area contributed by atoms with E-state index in [1.165, 1.54) is 6.07 Å². The molecule has 1 unspecified atom stereocenters. The van der Waals surface area contributed by atoms with Crippen LogP contribution in [0, 0.1) is 12.7 Å². The maximum atomic E-state index is 13.6.